The Balaban J connectivity index is 2.58. The summed E-state index contributed by atoms with van der Waals surface area (Å²) in [6.45, 7) is 2.10. The Morgan fingerprint density at radius 3 is 2.42 bits per heavy atom. The number of benzene rings is 1. The SMILES string of the molecule is Cc1ccc(C[C@@H](N)CO)cc1. The third-order valence-electron chi connectivity index (χ3n) is 1.85. The van der Waals surface area contributed by atoms with Crippen molar-refractivity contribution in [3.63, 3.8) is 0 Å². The van der Waals surface area contributed by atoms with E-state index in [1.165, 1.54) is 11.1 Å². The van der Waals surface area contributed by atoms with E-state index in [0.29, 0.717) is 0 Å². The summed E-state index contributed by atoms with van der Waals surface area (Å²) in [4.78, 5) is 0. The minimum atomic E-state index is -0.132. The molecule has 66 valence electrons. The molecule has 0 amide bonds. The van der Waals surface area contributed by atoms with E-state index in [0.717, 1.165) is 6.42 Å². The van der Waals surface area contributed by atoms with Crippen molar-refractivity contribution in [3.05, 3.63) is 35.4 Å². The number of rotatable bonds is 3. The highest BCUT2D eigenvalue weighted by atomic mass is 16.3. The van der Waals surface area contributed by atoms with Gasteiger partial charge in [-0.1, -0.05) is 29.8 Å². The molecule has 0 saturated carbocycles. The molecule has 0 aromatic heterocycles. The molecule has 0 aliphatic rings. The highest BCUT2D eigenvalue weighted by Crippen LogP contribution is 2.04. The summed E-state index contributed by atoms with van der Waals surface area (Å²) in [5, 5.41) is 8.73. The van der Waals surface area contributed by atoms with Crippen LogP contribution in [0.25, 0.3) is 0 Å². The van der Waals surface area contributed by atoms with E-state index in [2.05, 4.69) is 19.1 Å². The Labute approximate surface area is 73.0 Å². The van der Waals surface area contributed by atoms with E-state index in [-0.39, 0.29) is 12.6 Å². The van der Waals surface area contributed by atoms with E-state index in [1.807, 2.05) is 12.1 Å². The molecule has 0 aliphatic carbocycles. The van der Waals surface area contributed by atoms with Gasteiger partial charge < -0.3 is 10.8 Å². The lowest BCUT2D eigenvalue weighted by atomic mass is 10.1. The van der Waals surface area contributed by atoms with E-state index in [1.54, 1.807) is 0 Å². The maximum absolute atomic E-state index is 8.73. The number of nitrogens with two attached hydrogens (primary N) is 1. The van der Waals surface area contributed by atoms with Crippen LogP contribution in [-0.2, 0) is 6.42 Å². The summed E-state index contributed by atoms with van der Waals surface area (Å²) >= 11 is 0. The third kappa shape index (κ3) is 2.64. The van der Waals surface area contributed by atoms with Crippen molar-refractivity contribution in [2.45, 2.75) is 19.4 Å². The largest absolute Gasteiger partial charge is 0.395 e. The summed E-state index contributed by atoms with van der Waals surface area (Å²) in [5.74, 6) is 0. The first kappa shape index (κ1) is 9.23. The van der Waals surface area contributed by atoms with E-state index >= 15 is 0 Å². The summed E-state index contributed by atoms with van der Waals surface area (Å²) in [6, 6.07) is 8.07. The highest BCUT2D eigenvalue weighted by molar-refractivity contribution is 5.21. The minimum absolute atomic E-state index is 0.0495. The second-order valence-corrected chi connectivity index (χ2v) is 3.13. The summed E-state index contributed by atoms with van der Waals surface area (Å²) in [5.41, 5.74) is 8.02. The molecule has 0 fully saturated rings. The number of hydrogen-bond donors (Lipinski definition) is 2. The third-order valence-corrected chi connectivity index (χ3v) is 1.85. The van der Waals surface area contributed by atoms with Crippen molar-refractivity contribution >= 4 is 0 Å². The van der Waals surface area contributed by atoms with Gasteiger partial charge in [0.25, 0.3) is 0 Å². The van der Waals surface area contributed by atoms with Crippen molar-refractivity contribution in [2.24, 2.45) is 5.73 Å². The van der Waals surface area contributed by atoms with Crippen LogP contribution >= 0.6 is 0 Å². The van der Waals surface area contributed by atoms with Gasteiger partial charge in [-0.15, -0.1) is 0 Å². The topological polar surface area (TPSA) is 46.2 Å². The fourth-order valence-electron chi connectivity index (χ4n) is 1.09. The van der Waals surface area contributed by atoms with Crippen LogP contribution in [0.2, 0.25) is 0 Å². The van der Waals surface area contributed by atoms with Gasteiger partial charge in [-0.3, -0.25) is 0 Å². The monoisotopic (exact) mass is 165 g/mol. The molecule has 12 heavy (non-hydrogen) atoms. The van der Waals surface area contributed by atoms with Crippen LogP contribution in [0, 0.1) is 6.92 Å². The summed E-state index contributed by atoms with van der Waals surface area (Å²) in [7, 11) is 0. The number of aliphatic hydroxyl groups is 1. The van der Waals surface area contributed by atoms with Gasteiger partial charge in [-0.05, 0) is 18.9 Å². The fourth-order valence-corrected chi connectivity index (χ4v) is 1.09. The molecule has 1 aromatic carbocycles. The molecule has 1 atom stereocenters. The van der Waals surface area contributed by atoms with Gasteiger partial charge in [-0.25, -0.2) is 0 Å². The first-order valence-electron chi connectivity index (χ1n) is 4.14. The molecule has 0 heterocycles. The molecule has 1 rings (SSSR count). The zero-order chi connectivity index (χ0) is 8.97. The average molecular weight is 165 g/mol. The number of aryl methyl sites for hydroxylation is 1. The van der Waals surface area contributed by atoms with Gasteiger partial charge in [0.05, 0.1) is 6.61 Å². The van der Waals surface area contributed by atoms with Gasteiger partial charge in [-0.2, -0.15) is 0 Å². The summed E-state index contributed by atoms with van der Waals surface area (Å²) < 4.78 is 0. The Morgan fingerprint density at radius 1 is 1.33 bits per heavy atom. The van der Waals surface area contributed by atoms with Crippen LogP contribution in [-0.4, -0.2) is 17.8 Å². The molecule has 1 aromatic rings. The van der Waals surface area contributed by atoms with Crippen LogP contribution < -0.4 is 5.73 Å². The van der Waals surface area contributed by atoms with Gasteiger partial charge in [0.15, 0.2) is 0 Å². The van der Waals surface area contributed by atoms with Crippen molar-refractivity contribution in [1.82, 2.24) is 0 Å². The molecule has 0 saturated heterocycles. The predicted octanol–water partition coefficient (Wildman–Crippen LogP) is 0.857. The van der Waals surface area contributed by atoms with Gasteiger partial charge >= 0.3 is 0 Å². The minimum Gasteiger partial charge on any atom is -0.395 e. The van der Waals surface area contributed by atoms with Crippen molar-refractivity contribution < 1.29 is 5.11 Å². The summed E-state index contributed by atoms with van der Waals surface area (Å²) in [6.07, 6.45) is 0.747. The van der Waals surface area contributed by atoms with Crippen LogP contribution in [0.5, 0.6) is 0 Å². The van der Waals surface area contributed by atoms with Gasteiger partial charge in [0.2, 0.25) is 0 Å². The maximum atomic E-state index is 8.73. The van der Waals surface area contributed by atoms with Crippen LogP contribution in [0.4, 0.5) is 0 Å². The predicted molar refractivity (Wildman–Crippen MR) is 49.9 cm³/mol. The van der Waals surface area contributed by atoms with E-state index < -0.39 is 0 Å². The Kier molecular flexibility index (Phi) is 3.26. The zero-order valence-corrected chi connectivity index (χ0v) is 7.33. The van der Waals surface area contributed by atoms with E-state index in [4.69, 9.17) is 10.8 Å². The highest BCUT2D eigenvalue weighted by Gasteiger charge is 2.00. The Morgan fingerprint density at radius 2 is 1.92 bits per heavy atom. The number of aliphatic hydroxyl groups excluding tert-OH is 1. The smallest absolute Gasteiger partial charge is 0.0585 e. The molecular weight excluding hydrogens is 150 g/mol. The van der Waals surface area contributed by atoms with E-state index in [9.17, 15) is 0 Å². The lowest BCUT2D eigenvalue weighted by Crippen LogP contribution is -2.26. The molecule has 2 heteroatoms. The van der Waals surface area contributed by atoms with Gasteiger partial charge in [0.1, 0.15) is 0 Å². The molecule has 3 N–H and O–H groups in total. The fraction of sp³-hybridized carbons (Fsp3) is 0.400. The molecular formula is C10H15NO. The lowest BCUT2D eigenvalue weighted by molar-refractivity contribution is 0.265. The van der Waals surface area contributed by atoms with Crippen molar-refractivity contribution in [1.29, 1.82) is 0 Å². The normalized spacial score (nSPS) is 12.9. The van der Waals surface area contributed by atoms with Crippen LogP contribution in [0.15, 0.2) is 24.3 Å². The van der Waals surface area contributed by atoms with Crippen molar-refractivity contribution in [2.75, 3.05) is 6.61 Å². The standard InChI is InChI=1S/C10H15NO/c1-8-2-4-9(5-3-8)6-10(11)7-12/h2-5,10,12H,6-7,11H2,1H3/t10-/m1/s1. The van der Waals surface area contributed by atoms with Crippen molar-refractivity contribution in [3.8, 4) is 0 Å². The Hall–Kier alpha value is -0.860. The molecule has 0 unspecified atom stereocenters. The molecule has 0 radical (unpaired) electrons. The molecule has 0 aliphatic heterocycles. The van der Waals surface area contributed by atoms with Gasteiger partial charge in [0, 0.05) is 6.04 Å². The van der Waals surface area contributed by atoms with Crippen LogP contribution in [0.1, 0.15) is 11.1 Å². The molecule has 0 bridgehead atoms. The molecule has 2 nitrogen and oxygen atoms in total. The first-order valence-corrected chi connectivity index (χ1v) is 4.14. The average Bonchev–Trinajstić information content (AvgIpc) is 2.09. The number of hydrogen-bond acceptors (Lipinski definition) is 2. The zero-order valence-electron chi connectivity index (χ0n) is 7.33. The second-order valence-electron chi connectivity index (χ2n) is 3.13. The maximum Gasteiger partial charge on any atom is 0.0585 e. The lowest BCUT2D eigenvalue weighted by Gasteiger charge is -2.07. The van der Waals surface area contributed by atoms with Crippen LogP contribution in [0.3, 0.4) is 0 Å². The first-order chi connectivity index (χ1) is 5.72. The second kappa shape index (κ2) is 4.24. The Bertz CT molecular complexity index is 230. The molecule has 0 spiro atoms. The quantitative estimate of drug-likeness (QED) is 0.697.